The van der Waals surface area contributed by atoms with Crippen LogP contribution in [0.5, 0.6) is 0 Å². The van der Waals surface area contributed by atoms with Crippen molar-refractivity contribution < 1.29 is 23.9 Å². The van der Waals surface area contributed by atoms with Crippen LogP contribution in [0.3, 0.4) is 0 Å². The van der Waals surface area contributed by atoms with E-state index in [0.717, 1.165) is 0 Å². The van der Waals surface area contributed by atoms with E-state index >= 15 is 0 Å². The van der Waals surface area contributed by atoms with E-state index in [-0.39, 0.29) is 6.61 Å². The molecule has 0 saturated carbocycles. The van der Waals surface area contributed by atoms with Gasteiger partial charge in [-0.1, -0.05) is 24.0 Å². The maximum absolute atomic E-state index is 11.8. The first-order valence-electron chi connectivity index (χ1n) is 6.52. The molecule has 0 atom stereocenters. The van der Waals surface area contributed by atoms with Gasteiger partial charge in [0.05, 0.1) is 11.1 Å². The third kappa shape index (κ3) is 2.31. The molecule has 5 heteroatoms. The molecule has 108 valence electrons. The van der Waals surface area contributed by atoms with Crippen LogP contribution >= 0.6 is 0 Å². The van der Waals surface area contributed by atoms with Crippen LogP contribution in [0.2, 0.25) is 0 Å². The zero-order valence-corrected chi connectivity index (χ0v) is 11.6. The number of benzene rings is 2. The van der Waals surface area contributed by atoms with Crippen molar-refractivity contribution in [2.45, 2.75) is 6.92 Å². The molecule has 1 heterocycles. The lowest BCUT2D eigenvalue weighted by atomic mass is 9.94. The summed E-state index contributed by atoms with van der Waals surface area (Å²) in [6.07, 6.45) is 0. The first-order chi connectivity index (χ1) is 10.6. The molecule has 0 aromatic heterocycles. The second-order valence-electron chi connectivity index (χ2n) is 4.65. The van der Waals surface area contributed by atoms with E-state index in [0.29, 0.717) is 27.5 Å². The molecule has 5 nitrogen and oxygen atoms in total. The fourth-order valence-corrected chi connectivity index (χ4v) is 2.32. The van der Waals surface area contributed by atoms with Crippen LogP contribution < -0.4 is 0 Å². The number of hydrogen-bond acceptors (Lipinski definition) is 5. The first kappa shape index (κ1) is 13.8. The van der Waals surface area contributed by atoms with E-state index in [1.54, 1.807) is 30.3 Å². The Morgan fingerprint density at radius 2 is 1.86 bits per heavy atom. The van der Waals surface area contributed by atoms with Crippen molar-refractivity contribution in [1.82, 2.24) is 0 Å². The molecule has 3 rings (SSSR count). The Morgan fingerprint density at radius 1 is 1.14 bits per heavy atom. The molecule has 0 aliphatic carbocycles. The Balaban J connectivity index is 2.12. The van der Waals surface area contributed by atoms with Crippen molar-refractivity contribution >= 4 is 28.7 Å². The molecule has 1 aliphatic rings. The Labute approximate surface area is 125 Å². The van der Waals surface area contributed by atoms with Crippen molar-refractivity contribution in [3.05, 3.63) is 47.0 Å². The van der Waals surface area contributed by atoms with Crippen LogP contribution in [0.25, 0.3) is 10.8 Å². The number of carbonyl (C=O) groups is 3. The van der Waals surface area contributed by atoms with Gasteiger partial charge in [-0.2, -0.15) is 0 Å². The van der Waals surface area contributed by atoms with Gasteiger partial charge in [0.1, 0.15) is 0 Å². The molecule has 1 aliphatic heterocycles. The zero-order chi connectivity index (χ0) is 15.7. The van der Waals surface area contributed by atoms with Crippen LogP contribution in [-0.2, 0) is 14.3 Å². The molecule has 0 amide bonds. The van der Waals surface area contributed by atoms with Crippen molar-refractivity contribution in [2.75, 3.05) is 6.61 Å². The van der Waals surface area contributed by atoms with Gasteiger partial charge >= 0.3 is 17.9 Å². The predicted molar refractivity (Wildman–Crippen MR) is 77.2 cm³/mol. The second-order valence-corrected chi connectivity index (χ2v) is 4.65. The van der Waals surface area contributed by atoms with E-state index < -0.39 is 17.9 Å². The van der Waals surface area contributed by atoms with Gasteiger partial charge in [-0.25, -0.2) is 9.59 Å². The van der Waals surface area contributed by atoms with Crippen molar-refractivity contribution in [1.29, 1.82) is 0 Å². The number of cyclic esters (lactones) is 2. The molecule has 2 aromatic carbocycles. The van der Waals surface area contributed by atoms with Crippen LogP contribution in [0.4, 0.5) is 0 Å². The summed E-state index contributed by atoms with van der Waals surface area (Å²) in [5.74, 6) is 3.89. The van der Waals surface area contributed by atoms with Crippen molar-refractivity contribution in [3.8, 4) is 11.8 Å². The number of carbonyl (C=O) groups excluding carboxylic acids is 3. The lowest BCUT2D eigenvalue weighted by molar-refractivity contribution is -0.139. The monoisotopic (exact) mass is 294 g/mol. The highest BCUT2D eigenvalue weighted by atomic mass is 16.6. The second kappa shape index (κ2) is 5.34. The topological polar surface area (TPSA) is 69.7 Å². The SMILES string of the molecule is CC(=O)OCC#Cc1ccc2c3c(cccc13)C(=O)OC2=O. The summed E-state index contributed by atoms with van der Waals surface area (Å²) in [6.45, 7) is 1.29. The van der Waals surface area contributed by atoms with Crippen LogP contribution in [0, 0.1) is 11.8 Å². The quantitative estimate of drug-likeness (QED) is 0.457. The molecule has 0 spiro atoms. The van der Waals surface area contributed by atoms with Gasteiger partial charge in [0.2, 0.25) is 0 Å². The summed E-state index contributed by atoms with van der Waals surface area (Å²) in [6, 6.07) is 8.35. The van der Waals surface area contributed by atoms with Crippen molar-refractivity contribution in [2.24, 2.45) is 0 Å². The van der Waals surface area contributed by atoms with Gasteiger partial charge < -0.3 is 9.47 Å². The Morgan fingerprint density at radius 3 is 2.59 bits per heavy atom. The maximum atomic E-state index is 11.8. The van der Waals surface area contributed by atoms with E-state index in [1.165, 1.54) is 6.92 Å². The van der Waals surface area contributed by atoms with Crippen LogP contribution in [-0.4, -0.2) is 24.5 Å². The lowest BCUT2D eigenvalue weighted by Crippen LogP contribution is -2.19. The molecule has 0 N–H and O–H groups in total. The highest BCUT2D eigenvalue weighted by Crippen LogP contribution is 2.30. The highest BCUT2D eigenvalue weighted by molar-refractivity contribution is 6.21. The van der Waals surface area contributed by atoms with Gasteiger partial charge in [-0.15, -0.1) is 0 Å². The summed E-state index contributed by atoms with van der Waals surface area (Å²) in [4.78, 5) is 34.3. The average molecular weight is 294 g/mol. The van der Waals surface area contributed by atoms with E-state index in [4.69, 9.17) is 9.47 Å². The zero-order valence-electron chi connectivity index (χ0n) is 11.6. The maximum Gasteiger partial charge on any atom is 0.346 e. The Bertz CT molecular complexity index is 863. The van der Waals surface area contributed by atoms with Gasteiger partial charge in [0.15, 0.2) is 6.61 Å². The molecule has 0 bridgehead atoms. The number of esters is 3. The minimum atomic E-state index is -0.659. The lowest BCUT2D eigenvalue weighted by Gasteiger charge is -2.15. The van der Waals surface area contributed by atoms with Crippen molar-refractivity contribution in [3.63, 3.8) is 0 Å². The van der Waals surface area contributed by atoms with Gasteiger partial charge in [0.25, 0.3) is 0 Å². The minimum absolute atomic E-state index is 0.0146. The smallest absolute Gasteiger partial charge is 0.346 e. The first-order valence-corrected chi connectivity index (χ1v) is 6.52. The Kier molecular flexibility index (Phi) is 3.36. The van der Waals surface area contributed by atoms with E-state index in [1.807, 2.05) is 0 Å². The molecule has 0 radical (unpaired) electrons. The number of rotatable bonds is 1. The molecule has 0 fully saturated rings. The molecular formula is C17H10O5. The number of hydrogen-bond donors (Lipinski definition) is 0. The largest absolute Gasteiger partial charge is 0.453 e. The van der Waals surface area contributed by atoms with Gasteiger partial charge in [-0.3, -0.25) is 4.79 Å². The molecule has 22 heavy (non-hydrogen) atoms. The van der Waals surface area contributed by atoms with Gasteiger partial charge in [-0.05, 0) is 23.6 Å². The summed E-state index contributed by atoms with van der Waals surface area (Å²) >= 11 is 0. The average Bonchev–Trinajstić information content (AvgIpc) is 2.49. The molecule has 0 unspecified atom stereocenters. The third-order valence-corrected chi connectivity index (χ3v) is 3.24. The fourth-order valence-electron chi connectivity index (χ4n) is 2.32. The normalized spacial score (nSPS) is 12.4. The third-order valence-electron chi connectivity index (χ3n) is 3.24. The predicted octanol–water partition coefficient (Wildman–Crippen LogP) is 2.07. The minimum Gasteiger partial charge on any atom is -0.453 e. The van der Waals surface area contributed by atoms with E-state index in [9.17, 15) is 14.4 Å². The van der Waals surface area contributed by atoms with Crippen LogP contribution in [0.15, 0.2) is 30.3 Å². The van der Waals surface area contributed by atoms with Crippen LogP contribution in [0.1, 0.15) is 33.2 Å². The molecule has 0 saturated heterocycles. The fraction of sp³-hybridized carbons (Fsp3) is 0.118. The summed E-state index contributed by atoms with van der Waals surface area (Å²) in [5, 5.41) is 1.23. The summed E-state index contributed by atoms with van der Waals surface area (Å²) in [5.41, 5.74) is 1.33. The Hall–Kier alpha value is -3.13. The van der Waals surface area contributed by atoms with Gasteiger partial charge in [0, 0.05) is 17.9 Å². The standard InChI is InChI=1S/C17H10O5/c1-10(18)21-9-3-4-11-7-8-14-15-12(11)5-2-6-13(15)16(19)22-17(14)20/h2,5-8H,9H2,1H3. The molecular weight excluding hydrogens is 284 g/mol. The summed E-state index contributed by atoms with van der Waals surface area (Å²) < 4.78 is 9.45. The number of ether oxygens (including phenoxy) is 2. The summed E-state index contributed by atoms with van der Waals surface area (Å²) in [7, 11) is 0. The highest BCUT2D eigenvalue weighted by Gasteiger charge is 2.27. The molecule has 2 aromatic rings. The van der Waals surface area contributed by atoms with E-state index in [2.05, 4.69) is 11.8 Å².